The van der Waals surface area contributed by atoms with Gasteiger partial charge in [-0.1, -0.05) is 12.1 Å². The Labute approximate surface area is 172 Å². The van der Waals surface area contributed by atoms with Gasteiger partial charge in [0.15, 0.2) is 0 Å². The summed E-state index contributed by atoms with van der Waals surface area (Å²) >= 11 is 0. The van der Waals surface area contributed by atoms with E-state index in [0.29, 0.717) is 17.1 Å². The average molecular weight is 403 g/mol. The SMILES string of the molecule is C=CCN1C(=O)C(C#N)=C(C)/C(=C\c2ccc(-c3cc([N+](=O)[O-])ccc3C)o2)C1=O. The lowest BCUT2D eigenvalue weighted by Gasteiger charge is -2.26. The summed E-state index contributed by atoms with van der Waals surface area (Å²) in [5.41, 5.74) is 1.57. The van der Waals surface area contributed by atoms with Crippen LogP contribution in [0.15, 0.2) is 64.1 Å². The van der Waals surface area contributed by atoms with Crippen molar-refractivity contribution in [2.45, 2.75) is 13.8 Å². The van der Waals surface area contributed by atoms with E-state index in [2.05, 4.69) is 6.58 Å². The van der Waals surface area contributed by atoms with E-state index in [1.54, 1.807) is 25.1 Å². The number of nitro groups is 1. The molecule has 1 aromatic carbocycles. The second-order valence-corrected chi connectivity index (χ2v) is 6.64. The fourth-order valence-corrected chi connectivity index (χ4v) is 3.13. The number of nitriles is 1. The van der Waals surface area contributed by atoms with Crippen LogP contribution >= 0.6 is 0 Å². The molecule has 0 unspecified atom stereocenters. The first-order chi connectivity index (χ1) is 14.3. The van der Waals surface area contributed by atoms with Crippen LogP contribution in [-0.4, -0.2) is 28.2 Å². The van der Waals surface area contributed by atoms with Crippen molar-refractivity contribution < 1.29 is 18.9 Å². The van der Waals surface area contributed by atoms with Gasteiger partial charge in [-0.3, -0.25) is 24.6 Å². The summed E-state index contributed by atoms with van der Waals surface area (Å²) in [7, 11) is 0. The molecule has 1 aliphatic rings. The monoisotopic (exact) mass is 403 g/mol. The summed E-state index contributed by atoms with van der Waals surface area (Å²) in [6, 6.07) is 9.56. The number of hydrogen-bond acceptors (Lipinski definition) is 6. The molecule has 0 atom stereocenters. The van der Waals surface area contributed by atoms with Crippen LogP contribution in [0.1, 0.15) is 18.2 Å². The van der Waals surface area contributed by atoms with Gasteiger partial charge in [0.1, 0.15) is 23.2 Å². The van der Waals surface area contributed by atoms with Gasteiger partial charge in [-0.25, -0.2) is 0 Å². The van der Waals surface area contributed by atoms with Gasteiger partial charge < -0.3 is 4.42 Å². The standard InChI is InChI=1S/C22H17N3O5/c1-4-9-24-21(26)18(14(3)19(12-23)22(24)27)11-16-7-8-20(30-16)17-10-15(25(28)29)6-5-13(17)2/h4-8,10-11H,1,9H2,2-3H3/b18-11+. The Morgan fingerprint density at radius 1 is 1.23 bits per heavy atom. The highest BCUT2D eigenvalue weighted by Crippen LogP contribution is 2.31. The number of carbonyl (C=O) groups is 2. The van der Waals surface area contributed by atoms with Crippen molar-refractivity contribution in [2.24, 2.45) is 0 Å². The number of carbonyl (C=O) groups excluding carboxylic acids is 2. The molecule has 150 valence electrons. The maximum Gasteiger partial charge on any atom is 0.271 e. The van der Waals surface area contributed by atoms with Crippen molar-refractivity contribution in [1.29, 1.82) is 5.26 Å². The fraction of sp³-hybridized carbons (Fsp3) is 0.136. The number of non-ortho nitro benzene ring substituents is 1. The lowest BCUT2D eigenvalue weighted by molar-refractivity contribution is -0.384. The highest BCUT2D eigenvalue weighted by Gasteiger charge is 2.34. The normalized spacial score (nSPS) is 15.5. The van der Waals surface area contributed by atoms with Gasteiger partial charge in [0, 0.05) is 29.8 Å². The summed E-state index contributed by atoms with van der Waals surface area (Å²) in [6.07, 6.45) is 2.85. The molecule has 2 aromatic rings. The summed E-state index contributed by atoms with van der Waals surface area (Å²) < 4.78 is 5.80. The first-order valence-corrected chi connectivity index (χ1v) is 8.93. The van der Waals surface area contributed by atoms with Crippen LogP contribution < -0.4 is 0 Å². The number of hydrogen-bond donors (Lipinski definition) is 0. The number of rotatable bonds is 5. The molecule has 2 amide bonds. The molecule has 0 N–H and O–H groups in total. The van der Waals surface area contributed by atoms with E-state index in [1.165, 1.54) is 31.2 Å². The molecule has 8 nitrogen and oxygen atoms in total. The summed E-state index contributed by atoms with van der Waals surface area (Å²) in [5.74, 6) is -0.512. The van der Waals surface area contributed by atoms with E-state index in [1.807, 2.05) is 6.07 Å². The van der Waals surface area contributed by atoms with Crippen molar-refractivity contribution in [3.8, 4) is 17.4 Å². The largest absolute Gasteiger partial charge is 0.457 e. The molecule has 1 aliphatic heterocycles. The van der Waals surface area contributed by atoms with Crippen molar-refractivity contribution in [3.05, 3.63) is 81.1 Å². The first kappa shape index (κ1) is 20.5. The Hall–Kier alpha value is -4.25. The number of imide groups is 1. The summed E-state index contributed by atoms with van der Waals surface area (Å²) in [6.45, 7) is 6.84. The number of nitrogens with zero attached hydrogens (tertiary/aromatic N) is 3. The van der Waals surface area contributed by atoms with Crippen LogP contribution in [-0.2, 0) is 9.59 Å². The van der Waals surface area contributed by atoms with E-state index in [0.717, 1.165) is 10.5 Å². The molecular weight excluding hydrogens is 386 g/mol. The van der Waals surface area contributed by atoms with E-state index < -0.39 is 16.7 Å². The molecule has 2 heterocycles. The molecule has 0 radical (unpaired) electrons. The van der Waals surface area contributed by atoms with Crippen molar-refractivity contribution in [3.63, 3.8) is 0 Å². The molecular formula is C22H17N3O5. The summed E-state index contributed by atoms with van der Waals surface area (Å²) in [5, 5.41) is 20.4. The minimum atomic E-state index is -0.663. The molecule has 3 rings (SSSR count). The van der Waals surface area contributed by atoms with Crippen LogP contribution in [0.4, 0.5) is 5.69 Å². The zero-order chi connectivity index (χ0) is 22.0. The van der Waals surface area contributed by atoms with Crippen molar-refractivity contribution >= 4 is 23.6 Å². The Kier molecular flexibility index (Phi) is 5.47. The quantitative estimate of drug-likeness (QED) is 0.245. The van der Waals surface area contributed by atoms with Crippen LogP contribution in [0.5, 0.6) is 0 Å². The minimum absolute atomic E-state index is 0.0241. The average Bonchev–Trinajstić information content (AvgIpc) is 3.17. The van der Waals surface area contributed by atoms with Crippen molar-refractivity contribution in [1.82, 2.24) is 4.90 Å². The molecule has 0 bridgehead atoms. The van der Waals surface area contributed by atoms with E-state index in [9.17, 15) is 25.0 Å². The first-order valence-electron chi connectivity index (χ1n) is 8.93. The van der Waals surface area contributed by atoms with Gasteiger partial charge in [0.05, 0.1) is 4.92 Å². The lowest BCUT2D eigenvalue weighted by atomic mass is 9.94. The van der Waals surface area contributed by atoms with Crippen LogP contribution in [0.3, 0.4) is 0 Å². The molecule has 0 saturated carbocycles. The topological polar surface area (TPSA) is 117 Å². The van der Waals surface area contributed by atoms with Gasteiger partial charge in [-0.2, -0.15) is 5.26 Å². The smallest absolute Gasteiger partial charge is 0.271 e. The molecule has 30 heavy (non-hydrogen) atoms. The number of furan rings is 1. The van der Waals surface area contributed by atoms with E-state index >= 15 is 0 Å². The van der Waals surface area contributed by atoms with Crippen molar-refractivity contribution in [2.75, 3.05) is 6.54 Å². The zero-order valence-corrected chi connectivity index (χ0v) is 16.3. The molecule has 0 fully saturated rings. The third kappa shape index (κ3) is 3.56. The number of nitro benzene ring substituents is 1. The van der Waals surface area contributed by atoms with Gasteiger partial charge >= 0.3 is 0 Å². The van der Waals surface area contributed by atoms with Crippen LogP contribution in [0.2, 0.25) is 0 Å². The Morgan fingerprint density at radius 3 is 2.60 bits per heavy atom. The van der Waals surface area contributed by atoms with E-state index in [4.69, 9.17) is 4.42 Å². The van der Waals surface area contributed by atoms with Gasteiger partial charge in [0.25, 0.3) is 17.5 Å². The molecule has 0 saturated heterocycles. The van der Waals surface area contributed by atoms with Gasteiger partial charge in [-0.15, -0.1) is 6.58 Å². The number of aryl methyl sites for hydroxylation is 1. The summed E-state index contributed by atoms with van der Waals surface area (Å²) in [4.78, 5) is 36.7. The Balaban J connectivity index is 2.06. The van der Waals surface area contributed by atoms with Crippen LogP contribution in [0.25, 0.3) is 17.4 Å². The fourth-order valence-electron chi connectivity index (χ4n) is 3.13. The Bertz CT molecular complexity index is 1190. The highest BCUT2D eigenvalue weighted by atomic mass is 16.6. The third-order valence-electron chi connectivity index (χ3n) is 4.75. The molecule has 0 spiro atoms. The van der Waals surface area contributed by atoms with Gasteiger partial charge in [-0.05, 0) is 43.2 Å². The van der Waals surface area contributed by atoms with Gasteiger partial charge in [0.2, 0.25) is 0 Å². The third-order valence-corrected chi connectivity index (χ3v) is 4.75. The zero-order valence-electron chi connectivity index (χ0n) is 16.3. The Morgan fingerprint density at radius 2 is 1.97 bits per heavy atom. The maximum atomic E-state index is 12.8. The predicted octanol–water partition coefficient (Wildman–Crippen LogP) is 3.94. The highest BCUT2D eigenvalue weighted by molar-refractivity contribution is 6.19. The number of benzene rings is 1. The maximum absolute atomic E-state index is 12.8. The molecule has 8 heteroatoms. The van der Waals surface area contributed by atoms with Crippen LogP contribution in [0, 0.1) is 28.4 Å². The molecule has 1 aromatic heterocycles. The van der Waals surface area contributed by atoms with E-state index in [-0.39, 0.29) is 29.0 Å². The molecule has 0 aliphatic carbocycles. The number of amides is 2. The predicted molar refractivity (Wildman–Crippen MR) is 109 cm³/mol. The lowest BCUT2D eigenvalue weighted by Crippen LogP contribution is -2.42. The minimum Gasteiger partial charge on any atom is -0.457 e. The second-order valence-electron chi connectivity index (χ2n) is 6.64. The second kappa shape index (κ2) is 8.01.